The van der Waals surface area contributed by atoms with Crippen molar-refractivity contribution in [1.29, 1.82) is 0 Å². The number of nitro benzene ring substituents is 4. The molecule has 0 aliphatic carbocycles. The number of nitrogens with two attached hydrogens (primary N) is 1. The van der Waals surface area contributed by atoms with Gasteiger partial charge >= 0.3 is 114 Å². The number of alkyl halides is 2. The number of nitro groups is 4. The Labute approximate surface area is 916 Å². The predicted octanol–water partition coefficient (Wildman–Crippen LogP) is 25.5. The van der Waals surface area contributed by atoms with Crippen LogP contribution >= 0.6 is 169 Å². The number of aliphatic hydroxyl groups is 1. The van der Waals surface area contributed by atoms with Gasteiger partial charge in [0.2, 0.25) is 0 Å². The summed E-state index contributed by atoms with van der Waals surface area (Å²) in [5, 5.41) is 70.3. The topological polar surface area (TPSA) is 322 Å². The van der Waals surface area contributed by atoms with Crippen molar-refractivity contribution in [1.82, 2.24) is 34.3 Å². The molecule has 0 aliphatic rings. The molecule has 7 aromatic carbocycles. The number of phenols is 1. The number of non-ortho nitro benzene ring substituents is 4. The van der Waals surface area contributed by atoms with Crippen molar-refractivity contribution in [2.45, 2.75) is 140 Å². The van der Waals surface area contributed by atoms with Gasteiger partial charge in [-0.1, -0.05) is 220 Å². The van der Waals surface area contributed by atoms with Crippen molar-refractivity contribution < 1.29 is 59.0 Å². The summed E-state index contributed by atoms with van der Waals surface area (Å²) in [5.74, 6) is 3.83. The van der Waals surface area contributed by atoms with Crippen molar-refractivity contribution in [3.8, 4) is 5.75 Å². The summed E-state index contributed by atoms with van der Waals surface area (Å²) in [4.78, 5) is 83.4. The number of halogens is 8. The van der Waals surface area contributed by atoms with Crippen LogP contribution in [0, 0.1) is 81.9 Å². The first-order chi connectivity index (χ1) is 61.9. The van der Waals surface area contributed by atoms with Gasteiger partial charge in [0.15, 0.2) is 18.6 Å². The van der Waals surface area contributed by atoms with Gasteiger partial charge in [0.05, 0.1) is 25.3 Å². The van der Waals surface area contributed by atoms with Crippen molar-refractivity contribution in [2.75, 3.05) is 167 Å². The number of nitrogens with one attached hydrogen (secondary N) is 1. The molecule has 0 saturated carbocycles. The Morgan fingerprint density at radius 2 is 0.754 bits per heavy atom. The molecule has 5 N–H and O–H groups in total. The van der Waals surface area contributed by atoms with Crippen LogP contribution in [-0.2, 0) is 20.0 Å². The fourth-order valence-electron chi connectivity index (χ4n) is 15.5. The van der Waals surface area contributed by atoms with Crippen molar-refractivity contribution in [3.63, 3.8) is 0 Å². The number of nitrogen functional groups attached to an aromatic ring is 1. The SMILES string of the molecule is C.C/C=C(/c1cccc([N+](=O)[O-])c1)[C@@H](C)CN(C)C.CC[C@@H](c1cccc(N)c1)[C@@H](C)CN(C)C.CC[C@@H](c1cccc(N=[NH+]C)c1)[C@@H](C)CN(C)C.CC[C@@H](c1cccc(O)c1)[C@@H](C)CN(C)C.CC[C@](O)(c1cccc([N+](=O)[O-])c1)[C@@H](C)CN(C)C.CI.CI.C[C@@H](CN(C)C)C(=O)c1cccc([N+](=O)[O-])c1.C[C@@H](CN(C)C)C(=O)c1cccc([N+](=O)[O-])c1.I.[I][V]([I])[I].[I][V][I]. The van der Waals surface area contributed by atoms with Gasteiger partial charge in [0, 0.05) is 129 Å². The third-order valence-corrected chi connectivity index (χ3v) is 20.8. The molecule has 0 saturated heterocycles. The van der Waals surface area contributed by atoms with Gasteiger partial charge in [-0.3, -0.25) is 50.0 Å². The number of azo groups is 1. The molecule has 0 fully saturated rings. The van der Waals surface area contributed by atoms with Crippen molar-refractivity contribution in [3.05, 3.63) is 255 Å². The minimum absolute atomic E-state index is 0. The molecule has 757 valence electrons. The Hall–Kier alpha value is -2.89. The minimum atomic E-state index is -1.05. The van der Waals surface area contributed by atoms with Crippen LogP contribution in [0.4, 0.5) is 34.1 Å². The van der Waals surface area contributed by atoms with E-state index < -0.39 is 20.4 Å². The summed E-state index contributed by atoms with van der Waals surface area (Å²) in [6.45, 7) is 31.4. The number of anilines is 1. The molecule has 0 bridgehead atoms. The van der Waals surface area contributed by atoms with Crippen LogP contribution in [-0.4, -0.2) is 237 Å². The Morgan fingerprint density at radius 1 is 0.463 bits per heavy atom. The second-order valence-electron chi connectivity index (χ2n) is 33.8. The summed E-state index contributed by atoms with van der Waals surface area (Å²) in [7, 11) is 30.7. The quantitative estimate of drug-likeness (QED) is 0.00534. The first-order valence-corrected chi connectivity index (χ1v) is 70.3. The molecule has 0 radical (unpaired) electrons. The van der Waals surface area contributed by atoms with Gasteiger partial charge in [-0.15, -0.1) is 29.1 Å². The number of allylic oxidation sites excluding steroid dienone is 1. The molecule has 0 aromatic heterocycles. The number of hydrogen-bond donors (Lipinski definition) is 4. The van der Waals surface area contributed by atoms with Crippen LogP contribution in [0.5, 0.6) is 5.75 Å². The summed E-state index contributed by atoms with van der Waals surface area (Å²) in [5.41, 5.74) is 14.2. The summed E-state index contributed by atoms with van der Waals surface area (Å²) in [6.07, 6.45) is 5.99. The maximum atomic E-state index is 12.0. The third-order valence-electron chi connectivity index (χ3n) is 20.8. The number of rotatable bonds is 37. The second-order valence-corrected chi connectivity index (χ2v) is 81.0. The second kappa shape index (κ2) is 81.5. The van der Waals surface area contributed by atoms with Gasteiger partial charge < -0.3 is 50.2 Å². The number of benzene rings is 7. The Kier molecular flexibility index (Phi) is 86.3. The fourth-order valence-corrected chi connectivity index (χ4v) is 15.5. The fraction of sp³-hybridized carbons (Fsp3) is 0.531. The standard InChI is InChI=1S/C15H25N3.C14H22N2O3.C14H20N2O2.C14H24N2.C14H23NO.2C12H16N2O3.2CH3I.CH4.6HI.2V/c1-6-15(12(2)11-18(4)5)13-8-7-9-14(10-13)17-16-3;1-5-14(17,11(2)10-15(3)4)12-7-6-8-13(9-12)16(18)19;1-5-14(11(2)10-15(3)4)12-7-6-8-13(9-12)16(17)18;1-5-14(11(2)10-16(3)4)12-7-6-8-13(15)9-12;1-5-14(11(2)10-15(3)4)12-7-6-8-13(16)9-12;2*1-9(8-13(2)3)12(15)10-5-4-6-11(7-10)14(16)17;2*1-2;;;;;;;;;/h7-10,12,15H,6,11H2,1-5H3;6-9,11,17H,5,10H2,1-4H3;5-9,11H,10H2,1-4H3;6-9,11,14H,5,10,15H2,1-4H3;6-9,11,14,16H,5,10H2,1-4H3;2*4-7,9H,8H2,1-3H3;2*1H3;1H4;6*1H;;/q;;;;;;;;;;;;;;;;+2;+3/p-4/b;;14-5+;;;;;;;;;;;;;;;/t12-,15+;11-,14+;11-;2*11-,14+;2*9-;;;;;;;;;;;/m0000000.........../s1. The van der Waals surface area contributed by atoms with Crippen LogP contribution in [0.2, 0.25) is 0 Å². The normalized spacial score (nSPS) is 13.4. The molecule has 0 unspecified atom stereocenters. The van der Waals surface area contributed by atoms with Crippen LogP contribution < -0.4 is 10.8 Å². The summed E-state index contributed by atoms with van der Waals surface area (Å²) >= 11 is 16.4. The molecule has 0 aliphatic heterocycles. The van der Waals surface area contributed by atoms with E-state index in [0.29, 0.717) is 99.4 Å². The zero-order valence-electron chi connectivity index (χ0n) is 83.7. The molecule has 26 nitrogen and oxygen atoms in total. The number of carbonyl (C=O) groups is 2. The number of aromatic hydroxyl groups is 1. The third kappa shape index (κ3) is 61.8. The van der Waals surface area contributed by atoms with Gasteiger partial charge in [0.1, 0.15) is 11.4 Å². The van der Waals surface area contributed by atoms with Crippen molar-refractivity contribution in [2.24, 2.45) is 46.5 Å². The number of nitrogens with zero attached hydrogens (tertiary/aromatic N) is 12. The van der Waals surface area contributed by atoms with Gasteiger partial charge in [0.25, 0.3) is 22.7 Å². The van der Waals surface area contributed by atoms with Crippen LogP contribution in [0.25, 0.3) is 5.57 Å². The molecule has 11 atom stereocenters. The molecule has 0 amide bonds. The Bertz CT molecular complexity index is 4290. The average Bonchev–Trinajstić information content (AvgIpc) is 0.798. The number of carbonyl (C=O) groups excluding carboxylic acids is 2. The van der Waals surface area contributed by atoms with Crippen LogP contribution in [0.15, 0.2) is 181 Å². The zero-order chi connectivity index (χ0) is 102. The molecular formula is C98H158I8N14O12V2+. The van der Waals surface area contributed by atoms with Gasteiger partial charge in [-0.25, -0.2) is 0 Å². The van der Waals surface area contributed by atoms with Crippen LogP contribution in [0.1, 0.15) is 182 Å². The van der Waals surface area contributed by atoms with Crippen LogP contribution in [0.3, 0.4) is 0 Å². The van der Waals surface area contributed by atoms with E-state index in [1.807, 2.05) is 159 Å². The number of hydrogen-bond acceptors (Lipinski definition) is 21. The van der Waals surface area contributed by atoms with Crippen molar-refractivity contribution >= 4 is 220 Å². The van der Waals surface area contributed by atoms with E-state index in [-0.39, 0.29) is 93.3 Å². The van der Waals surface area contributed by atoms with E-state index in [0.717, 1.165) is 61.5 Å². The first kappa shape index (κ1) is 142. The molecule has 0 spiro atoms. The van der Waals surface area contributed by atoms with Gasteiger partial charge in [-0.05, 0) is 257 Å². The molecule has 7 aromatic rings. The van der Waals surface area contributed by atoms with E-state index >= 15 is 0 Å². The van der Waals surface area contributed by atoms with E-state index in [4.69, 9.17) is 5.73 Å². The predicted molar refractivity (Wildman–Crippen MR) is 629 cm³/mol. The van der Waals surface area contributed by atoms with E-state index in [1.165, 1.54) is 77.7 Å². The Morgan fingerprint density at radius 3 is 1.06 bits per heavy atom. The molecule has 7 rings (SSSR count). The summed E-state index contributed by atoms with van der Waals surface area (Å²) in [6, 6.07) is 49.3. The van der Waals surface area contributed by atoms with Gasteiger partial charge in [-0.2, -0.15) is 0 Å². The monoisotopic (exact) mass is 2840 g/mol. The summed E-state index contributed by atoms with van der Waals surface area (Å²) < 4.78 is 0. The van der Waals surface area contributed by atoms with E-state index in [2.05, 4.69) is 308 Å². The Balaban J connectivity index is -0.000000349. The van der Waals surface area contributed by atoms with E-state index in [1.54, 1.807) is 42.5 Å². The molecule has 134 heavy (non-hydrogen) atoms. The first-order valence-electron chi connectivity index (χ1n) is 43.5. The molecule has 36 heteroatoms. The number of ketones is 2. The zero-order valence-corrected chi connectivity index (χ0v) is 104. The molecular weight excluding hydrogens is 2680 g/mol. The number of Topliss-reactive ketones (excluding diaryl/α,β-unsaturated/α-hetero) is 2. The van der Waals surface area contributed by atoms with E-state index in [9.17, 15) is 60.3 Å². The number of phenolic OH excluding ortho intramolecular Hbond substituents is 1. The molecule has 0 heterocycles. The average molecular weight is 2840 g/mol. The maximum absolute atomic E-state index is 12.0.